The molecule has 0 saturated carbocycles. The SMILES string of the molecule is Cc1ncc(-c2c(F)cccc2F)cn1. The Morgan fingerprint density at radius 1 is 1.00 bits per heavy atom. The normalized spacial score (nSPS) is 10.3. The summed E-state index contributed by atoms with van der Waals surface area (Å²) in [6.45, 7) is 1.71. The molecular formula is C11H8F2N2. The van der Waals surface area contributed by atoms with Crippen LogP contribution in [-0.2, 0) is 0 Å². The number of nitrogens with zero attached hydrogens (tertiary/aromatic N) is 2. The summed E-state index contributed by atoms with van der Waals surface area (Å²) in [5, 5.41) is 0. The first-order valence-corrected chi connectivity index (χ1v) is 4.41. The summed E-state index contributed by atoms with van der Waals surface area (Å²) in [5.41, 5.74) is 0.258. The molecule has 76 valence electrons. The van der Waals surface area contributed by atoms with Gasteiger partial charge >= 0.3 is 0 Å². The van der Waals surface area contributed by atoms with Crippen molar-refractivity contribution < 1.29 is 8.78 Å². The third-order valence-corrected chi connectivity index (χ3v) is 2.03. The van der Waals surface area contributed by atoms with Gasteiger partial charge in [0.25, 0.3) is 0 Å². The second kappa shape index (κ2) is 3.73. The Morgan fingerprint density at radius 3 is 2.07 bits per heavy atom. The highest BCUT2D eigenvalue weighted by atomic mass is 19.1. The van der Waals surface area contributed by atoms with Gasteiger partial charge in [0.05, 0.1) is 5.56 Å². The minimum atomic E-state index is -0.609. The fraction of sp³-hybridized carbons (Fsp3) is 0.0909. The van der Waals surface area contributed by atoms with Gasteiger partial charge in [-0.25, -0.2) is 18.7 Å². The van der Waals surface area contributed by atoms with Gasteiger partial charge in [-0.05, 0) is 19.1 Å². The van der Waals surface area contributed by atoms with E-state index in [0.717, 1.165) is 0 Å². The average Bonchev–Trinajstić information content (AvgIpc) is 2.20. The number of halogens is 2. The molecule has 2 aromatic rings. The van der Waals surface area contributed by atoms with Gasteiger partial charge in [0.2, 0.25) is 0 Å². The summed E-state index contributed by atoms with van der Waals surface area (Å²) in [4.78, 5) is 7.79. The lowest BCUT2D eigenvalue weighted by Gasteiger charge is -2.03. The molecule has 2 rings (SSSR count). The zero-order chi connectivity index (χ0) is 10.8. The first-order valence-electron chi connectivity index (χ1n) is 4.41. The Labute approximate surface area is 85.6 Å². The second-order valence-electron chi connectivity index (χ2n) is 3.12. The molecule has 2 nitrogen and oxygen atoms in total. The molecular weight excluding hydrogens is 198 g/mol. The Bertz CT molecular complexity index is 460. The molecule has 0 saturated heterocycles. The van der Waals surface area contributed by atoms with Crippen molar-refractivity contribution in [2.75, 3.05) is 0 Å². The van der Waals surface area contributed by atoms with E-state index < -0.39 is 11.6 Å². The van der Waals surface area contributed by atoms with Crippen molar-refractivity contribution in [2.45, 2.75) is 6.92 Å². The molecule has 0 amide bonds. The zero-order valence-electron chi connectivity index (χ0n) is 8.04. The van der Waals surface area contributed by atoms with Crippen LogP contribution in [0.2, 0.25) is 0 Å². The predicted octanol–water partition coefficient (Wildman–Crippen LogP) is 2.73. The summed E-state index contributed by atoms with van der Waals surface area (Å²) in [6, 6.07) is 3.74. The van der Waals surface area contributed by atoms with Crippen LogP contribution in [0.3, 0.4) is 0 Å². The molecule has 0 unspecified atom stereocenters. The topological polar surface area (TPSA) is 25.8 Å². The summed E-state index contributed by atoms with van der Waals surface area (Å²) in [7, 11) is 0. The molecule has 0 fully saturated rings. The number of rotatable bonds is 1. The molecule has 1 aromatic carbocycles. The Hall–Kier alpha value is -1.84. The van der Waals surface area contributed by atoms with Crippen molar-refractivity contribution in [3.63, 3.8) is 0 Å². The predicted molar refractivity (Wildman–Crippen MR) is 52.1 cm³/mol. The minimum Gasteiger partial charge on any atom is -0.241 e. The first-order chi connectivity index (χ1) is 7.18. The number of aromatic nitrogens is 2. The van der Waals surface area contributed by atoms with Crippen LogP contribution in [0.15, 0.2) is 30.6 Å². The Kier molecular flexibility index (Phi) is 2.41. The third kappa shape index (κ3) is 1.83. The van der Waals surface area contributed by atoms with Crippen LogP contribution in [0.5, 0.6) is 0 Å². The molecule has 0 radical (unpaired) electrons. The van der Waals surface area contributed by atoms with Crippen molar-refractivity contribution in [1.29, 1.82) is 0 Å². The van der Waals surface area contributed by atoms with Crippen LogP contribution in [0.1, 0.15) is 5.82 Å². The van der Waals surface area contributed by atoms with E-state index in [1.807, 2.05) is 0 Å². The highest BCUT2D eigenvalue weighted by Gasteiger charge is 2.10. The zero-order valence-corrected chi connectivity index (χ0v) is 8.04. The smallest absolute Gasteiger partial charge is 0.134 e. The Balaban J connectivity index is 2.58. The van der Waals surface area contributed by atoms with E-state index in [2.05, 4.69) is 9.97 Å². The van der Waals surface area contributed by atoms with Gasteiger partial charge in [-0.1, -0.05) is 6.07 Å². The van der Waals surface area contributed by atoms with E-state index in [1.54, 1.807) is 6.92 Å². The minimum absolute atomic E-state index is 0.0856. The quantitative estimate of drug-likeness (QED) is 0.716. The maximum absolute atomic E-state index is 13.3. The summed E-state index contributed by atoms with van der Waals surface area (Å²) in [5.74, 6) is -0.652. The number of aryl methyl sites for hydroxylation is 1. The lowest BCUT2D eigenvalue weighted by molar-refractivity contribution is 0.589. The molecule has 0 aliphatic rings. The van der Waals surface area contributed by atoms with Crippen LogP contribution >= 0.6 is 0 Å². The van der Waals surface area contributed by atoms with Crippen LogP contribution in [0, 0.1) is 18.6 Å². The molecule has 1 heterocycles. The van der Waals surface area contributed by atoms with E-state index in [-0.39, 0.29) is 5.56 Å². The molecule has 0 spiro atoms. The number of benzene rings is 1. The highest BCUT2D eigenvalue weighted by Crippen LogP contribution is 2.24. The molecule has 4 heteroatoms. The highest BCUT2D eigenvalue weighted by molar-refractivity contribution is 5.62. The largest absolute Gasteiger partial charge is 0.241 e. The fourth-order valence-corrected chi connectivity index (χ4v) is 1.30. The maximum Gasteiger partial charge on any atom is 0.134 e. The lowest BCUT2D eigenvalue weighted by Crippen LogP contribution is -1.93. The van der Waals surface area contributed by atoms with Crippen LogP contribution in [0.25, 0.3) is 11.1 Å². The average molecular weight is 206 g/mol. The van der Waals surface area contributed by atoms with Gasteiger partial charge in [0.15, 0.2) is 0 Å². The van der Waals surface area contributed by atoms with E-state index in [0.29, 0.717) is 11.4 Å². The van der Waals surface area contributed by atoms with E-state index in [1.165, 1.54) is 30.6 Å². The summed E-state index contributed by atoms with van der Waals surface area (Å²) in [6.07, 6.45) is 2.81. The lowest BCUT2D eigenvalue weighted by atomic mass is 10.1. The molecule has 0 bridgehead atoms. The fourth-order valence-electron chi connectivity index (χ4n) is 1.30. The number of hydrogen-bond acceptors (Lipinski definition) is 2. The molecule has 15 heavy (non-hydrogen) atoms. The van der Waals surface area contributed by atoms with Gasteiger partial charge in [-0.3, -0.25) is 0 Å². The van der Waals surface area contributed by atoms with Crippen molar-refractivity contribution in [3.8, 4) is 11.1 Å². The van der Waals surface area contributed by atoms with Gasteiger partial charge in [0.1, 0.15) is 17.5 Å². The third-order valence-electron chi connectivity index (χ3n) is 2.03. The van der Waals surface area contributed by atoms with E-state index >= 15 is 0 Å². The molecule has 0 aliphatic heterocycles. The van der Waals surface area contributed by atoms with Gasteiger partial charge in [0, 0.05) is 18.0 Å². The first kappa shape index (κ1) is 9.71. The number of hydrogen-bond donors (Lipinski definition) is 0. The molecule has 0 aliphatic carbocycles. The van der Waals surface area contributed by atoms with Crippen molar-refractivity contribution in [2.24, 2.45) is 0 Å². The van der Waals surface area contributed by atoms with E-state index in [9.17, 15) is 8.78 Å². The van der Waals surface area contributed by atoms with Crippen molar-refractivity contribution in [3.05, 3.63) is 48.1 Å². The summed E-state index contributed by atoms with van der Waals surface area (Å²) >= 11 is 0. The molecule has 0 atom stereocenters. The Morgan fingerprint density at radius 2 is 1.53 bits per heavy atom. The monoisotopic (exact) mass is 206 g/mol. The standard InChI is InChI=1S/C11H8F2N2/c1-7-14-5-8(6-15-7)11-9(12)3-2-4-10(11)13/h2-6H,1H3. The van der Waals surface area contributed by atoms with Crippen LogP contribution in [-0.4, -0.2) is 9.97 Å². The van der Waals surface area contributed by atoms with E-state index in [4.69, 9.17) is 0 Å². The van der Waals surface area contributed by atoms with Gasteiger partial charge < -0.3 is 0 Å². The van der Waals surface area contributed by atoms with Crippen LogP contribution < -0.4 is 0 Å². The van der Waals surface area contributed by atoms with Crippen molar-refractivity contribution >= 4 is 0 Å². The maximum atomic E-state index is 13.3. The van der Waals surface area contributed by atoms with Gasteiger partial charge in [-0.15, -0.1) is 0 Å². The van der Waals surface area contributed by atoms with Crippen molar-refractivity contribution in [1.82, 2.24) is 9.97 Å². The van der Waals surface area contributed by atoms with Crippen LogP contribution in [0.4, 0.5) is 8.78 Å². The molecule has 1 aromatic heterocycles. The molecule has 0 N–H and O–H groups in total. The summed E-state index contributed by atoms with van der Waals surface area (Å²) < 4.78 is 26.7. The second-order valence-corrected chi connectivity index (χ2v) is 3.12. The van der Waals surface area contributed by atoms with Gasteiger partial charge in [-0.2, -0.15) is 0 Å².